The van der Waals surface area contributed by atoms with Crippen LogP contribution >= 0.6 is 0 Å². The molecule has 0 aromatic heterocycles. The molecule has 6 nitrogen and oxygen atoms in total. The van der Waals surface area contributed by atoms with Gasteiger partial charge in [0.15, 0.2) is 18.2 Å². The molecule has 2 aromatic carbocycles. The number of hydrazine groups is 1. The summed E-state index contributed by atoms with van der Waals surface area (Å²) in [7, 11) is 0. The second-order valence-electron chi connectivity index (χ2n) is 4.57. The molecule has 0 spiro atoms. The van der Waals surface area contributed by atoms with Crippen LogP contribution in [-0.4, -0.2) is 24.4 Å². The van der Waals surface area contributed by atoms with E-state index in [1.54, 1.807) is 30.3 Å². The minimum absolute atomic E-state index is 0.241. The fraction of sp³-hybridized carbons (Fsp3) is 0.0625. The van der Waals surface area contributed by atoms with Gasteiger partial charge in [0.25, 0.3) is 11.8 Å². The first kappa shape index (κ1) is 17.1. The van der Waals surface area contributed by atoms with Crippen molar-refractivity contribution >= 4 is 17.8 Å². The number of esters is 1. The normalized spacial score (nSPS) is 9.92. The van der Waals surface area contributed by atoms with Crippen LogP contribution in [0.25, 0.3) is 0 Å². The Balaban J connectivity index is 1.79. The highest BCUT2D eigenvalue weighted by molar-refractivity contribution is 5.96. The van der Waals surface area contributed by atoms with Crippen LogP contribution in [0.15, 0.2) is 48.5 Å². The highest BCUT2D eigenvalue weighted by Crippen LogP contribution is 2.09. The number of benzene rings is 2. The molecule has 0 aliphatic heterocycles. The first-order chi connectivity index (χ1) is 11.5. The molecular formula is C16H12F2N2O4. The van der Waals surface area contributed by atoms with Gasteiger partial charge in [-0.3, -0.25) is 20.4 Å². The summed E-state index contributed by atoms with van der Waals surface area (Å²) in [6.07, 6.45) is 0. The number of nitrogens with one attached hydrogen (secondary N) is 2. The number of carbonyl (C=O) groups is 3. The smallest absolute Gasteiger partial charge is 0.338 e. The van der Waals surface area contributed by atoms with E-state index in [1.807, 2.05) is 0 Å². The molecule has 0 saturated carbocycles. The predicted molar refractivity (Wildman–Crippen MR) is 78.7 cm³/mol. The number of rotatable bonds is 4. The Labute approximate surface area is 135 Å². The molecule has 2 aromatic rings. The molecule has 2 amide bonds. The van der Waals surface area contributed by atoms with Crippen LogP contribution in [-0.2, 0) is 9.53 Å². The quantitative estimate of drug-likeness (QED) is 0.657. The van der Waals surface area contributed by atoms with Crippen molar-refractivity contribution in [2.75, 3.05) is 6.61 Å². The largest absolute Gasteiger partial charge is 0.452 e. The lowest BCUT2D eigenvalue weighted by Crippen LogP contribution is -2.43. The highest BCUT2D eigenvalue weighted by Gasteiger charge is 2.13. The summed E-state index contributed by atoms with van der Waals surface area (Å²) in [5.41, 5.74) is 4.29. The van der Waals surface area contributed by atoms with Crippen LogP contribution in [0, 0.1) is 11.6 Å². The topological polar surface area (TPSA) is 84.5 Å². The lowest BCUT2D eigenvalue weighted by Gasteiger charge is -2.08. The molecule has 2 rings (SSSR count). The lowest BCUT2D eigenvalue weighted by molar-refractivity contribution is -0.125. The number of carbonyl (C=O) groups excluding carboxylic acids is 3. The molecule has 8 heteroatoms. The standard InChI is InChI=1S/C16H12F2N2O4/c17-12-7-6-11(8-13(12)18)16(23)24-9-14(21)19-20-15(22)10-4-2-1-3-5-10/h1-8H,9H2,(H,19,21)(H,20,22). The Morgan fingerprint density at radius 3 is 2.25 bits per heavy atom. The summed E-state index contributed by atoms with van der Waals surface area (Å²) in [5.74, 6) is -4.65. The number of hydrogen-bond acceptors (Lipinski definition) is 4. The molecule has 24 heavy (non-hydrogen) atoms. The van der Waals surface area contributed by atoms with E-state index < -0.39 is 36.0 Å². The fourth-order valence-corrected chi connectivity index (χ4v) is 1.66. The van der Waals surface area contributed by atoms with Crippen LogP contribution in [0.2, 0.25) is 0 Å². The zero-order chi connectivity index (χ0) is 17.5. The third-order valence-electron chi connectivity index (χ3n) is 2.84. The fourth-order valence-electron chi connectivity index (χ4n) is 1.66. The van der Waals surface area contributed by atoms with Gasteiger partial charge < -0.3 is 4.74 Å². The summed E-state index contributed by atoms with van der Waals surface area (Å²) < 4.78 is 30.4. The molecular weight excluding hydrogens is 322 g/mol. The lowest BCUT2D eigenvalue weighted by atomic mass is 10.2. The van der Waals surface area contributed by atoms with Gasteiger partial charge in [-0.1, -0.05) is 18.2 Å². The van der Waals surface area contributed by atoms with Crippen molar-refractivity contribution in [1.82, 2.24) is 10.9 Å². The van der Waals surface area contributed by atoms with Gasteiger partial charge >= 0.3 is 5.97 Å². The summed E-state index contributed by atoms with van der Waals surface area (Å²) in [5, 5.41) is 0. The van der Waals surface area contributed by atoms with E-state index in [4.69, 9.17) is 0 Å². The summed E-state index contributed by atoms with van der Waals surface area (Å²) in [4.78, 5) is 34.8. The van der Waals surface area contributed by atoms with Gasteiger partial charge in [-0.25, -0.2) is 13.6 Å². The summed E-state index contributed by atoms with van der Waals surface area (Å²) in [6, 6.07) is 10.6. The van der Waals surface area contributed by atoms with Gasteiger partial charge in [0, 0.05) is 5.56 Å². The maximum absolute atomic E-state index is 13.0. The van der Waals surface area contributed by atoms with Gasteiger partial charge in [-0.2, -0.15) is 0 Å². The first-order valence-electron chi connectivity index (χ1n) is 6.74. The molecule has 0 aliphatic carbocycles. The predicted octanol–water partition coefficient (Wildman–Crippen LogP) is 1.58. The van der Waals surface area contributed by atoms with Crippen molar-refractivity contribution in [1.29, 1.82) is 0 Å². The molecule has 0 unspecified atom stereocenters. The average Bonchev–Trinajstić information content (AvgIpc) is 2.60. The van der Waals surface area contributed by atoms with E-state index in [2.05, 4.69) is 15.6 Å². The maximum atomic E-state index is 13.0. The van der Waals surface area contributed by atoms with E-state index in [1.165, 1.54) is 0 Å². The zero-order valence-corrected chi connectivity index (χ0v) is 12.2. The zero-order valence-electron chi connectivity index (χ0n) is 12.2. The highest BCUT2D eigenvalue weighted by atomic mass is 19.2. The SMILES string of the molecule is O=C(COC(=O)c1ccc(F)c(F)c1)NNC(=O)c1ccccc1. The van der Waals surface area contributed by atoms with E-state index in [-0.39, 0.29) is 5.56 Å². The Hall–Kier alpha value is -3.29. The van der Waals surface area contributed by atoms with Crippen LogP contribution < -0.4 is 10.9 Å². The number of halogens is 2. The second kappa shape index (κ2) is 7.82. The molecule has 0 saturated heterocycles. The van der Waals surface area contributed by atoms with Gasteiger partial charge in [0.05, 0.1) is 5.56 Å². The molecule has 0 aliphatic rings. The van der Waals surface area contributed by atoms with Crippen LogP contribution in [0.5, 0.6) is 0 Å². The van der Waals surface area contributed by atoms with Gasteiger partial charge in [-0.05, 0) is 30.3 Å². The van der Waals surface area contributed by atoms with E-state index in [0.29, 0.717) is 11.6 Å². The second-order valence-corrected chi connectivity index (χ2v) is 4.57. The Morgan fingerprint density at radius 2 is 1.58 bits per heavy atom. The third kappa shape index (κ3) is 4.60. The Kier molecular flexibility index (Phi) is 5.56. The molecule has 0 bridgehead atoms. The van der Waals surface area contributed by atoms with Crippen molar-refractivity contribution in [3.8, 4) is 0 Å². The van der Waals surface area contributed by atoms with Crippen molar-refractivity contribution in [3.05, 3.63) is 71.3 Å². The summed E-state index contributed by atoms with van der Waals surface area (Å²) in [6.45, 7) is -0.701. The van der Waals surface area contributed by atoms with Gasteiger partial charge in [0.2, 0.25) is 0 Å². The number of amides is 2. The summed E-state index contributed by atoms with van der Waals surface area (Å²) >= 11 is 0. The molecule has 124 valence electrons. The number of hydrogen-bond donors (Lipinski definition) is 2. The first-order valence-corrected chi connectivity index (χ1v) is 6.74. The average molecular weight is 334 g/mol. The Morgan fingerprint density at radius 1 is 0.875 bits per heavy atom. The van der Waals surface area contributed by atoms with Crippen molar-refractivity contribution in [3.63, 3.8) is 0 Å². The van der Waals surface area contributed by atoms with Crippen LogP contribution in [0.3, 0.4) is 0 Å². The molecule has 0 atom stereocenters. The molecule has 0 radical (unpaired) electrons. The van der Waals surface area contributed by atoms with E-state index >= 15 is 0 Å². The number of ether oxygens (including phenoxy) is 1. The molecule has 2 N–H and O–H groups in total. The monoisotopic (exact) mass is 334 g/mol. The van der Waals surface area contributed by atoms with Crippen molar-refractivity contribution in [2.24, 2.45) is 0 Å². The minimum Gasteiger partial charge on any atom is -0.452 e. The van der Waals surface area contributed by atoms with Gasteiger partial charge in [0.1, 0.15) is 0 Å². The molecule has 0 heterocycles. The van der Waals surface area contributed by atoms with Crippen molar-refractivity contribution in [2.45, 2.75) is 0 Å². The Bertz CT molecular complexity index is 766. The van der Waals surface area contributed by atoms with Crippen LogP contribution in [0.4, 0.5) is 8.78 Å². The van der Waals surface area contributed by atoms with Crippen molar-refractivity contribution < 1.29 is 27.9 Å². The van der Waals surface area contributed by atoms with E-state index in [9.17, 15) is 23.2 Å². The third-order valence-corrected chi connectivity index (χ3v) is 2.84. The van der Waals surface area contributed by atoms with E-state index in [0.717, 1.165) is 12.1 Å². The maximum Gasteiger partial charge on any atom is 0.338 e. The van der Waals surface area contributed by atoms with Gasteiger partial charge in [-0.15, -0.1) is 0 Å². The minimum atomic E-state index is -1.20. The van der Waals surface area contributed by atoms with Crippen LogP contribution in [0.1, 0.15) is 20.7 Å². The molecule has 0 fully saturated rings.